The molecule has 6 nitrogen and oxygen atoms in total. The van der Waals surface area contributed by atoms with E-state index in [1.54, 1.807) is 0 Å². The molecule has 1 aromatic heterocycles. The van der Waals surface area contributed by atoms with E-state index in [2.05, 4.69) is 14.5 Å². The average Bonchev–Trinajstić information content (AvgIpc) is 3.27. The zero-order valence-corrected chi connectivity index (χ0v) is 15.3. The van der Waals surface area contributed by atoms with Crippen molar-refractivity contribution < 1.29 is 14.2 Å². The summed E-state index contributed by atoms with van der Waals surface area (Å²) in [4.78, 5) is 6.64. The van der Waals surface area contributed by atoms with Crippen LogP contribution in [-0.2, 0) is 4.74 Å². The van der Waals surface area contributed by atoms with E-state index in [1.165, 1.54) is 0 Å². The molecule has 0 radical (unpaired) electrons. The first-order valence-corrected chi connectivity index (χ1v) is 8.84. The predicted octanol–water partition coefficient (Wildman–Crippen LogP) is 2.85. The molecule has 1 atom stereocenters. The second-order valence-corrected chi connectivity index (χ2v) is 6.42. The Hall–Kier alpha value is -2.05. The van der Waals surface area contributed by atoms with Gasteiger partial charge in [0.15, 0.2) is 11.5 Å². The van der Waals surface area contributed by atoms with Crippen molar-refractivity contribution in [2.24, 2.45) is 0 Å². The van der Waals surface area contributed by atoms with Crippen molar-refractivity contribution in [3.05, 3.63) is 30.6 Å². The van der Waals surface area contributed by atoms with Crippen LogP contribution >= 0.6 is 0 Å². The first-order chi connectivity index (χ1) is 12.2. The average molecular weight is 345 g/mol. The van der Waals surface area contributed by atoms with E-state index < -0.39 is 0 Å². The third-order valence-corrected chi connectivity index (χ3v) is 4.27. The van der Waals surface area contributed by atoms with Crippen molar-refractivity contribution in [2.45, 2.75) is 19.4 Å². The molecule has 25 heavy (non-hydrogen) atoms. The number of rotatable bonds is 8. The quantitative estimate of drug-likeness (QED) is 0.736. The van der Waals surface area contributed by atoms with Crippen LogP contribution < -0.4 is 9.47 Å². The summed E-state index contributed by atoms with van der Waals surface area (Å²) in [5, 5.41) is 0. The van der Waals surface area contributed by atoms with Gasteiger partial charge < -0.3 is 23.7 Å². The number of nitrogens with zero attached hydrogens (tertiary/aromatic N) is 3. The molecule has 1 aromatic carbocycles. The minimum Gasteiger partial charge on any atom is -0.490 e. The summed E-state index contributed by atoms with van der Waals surface area (Å²) in [7, 11) is 4.06. The second kappa shape index (κ2) is 8.36. The van der Waals surface area contributed by atoms with Gasteiger partial charge in [0.25, 0.3) is 0 Å². The van der Waals surface area contributed by atoms with E-state index in [-0.39, 0.29) is 0 Å². The minimum atomic E-state index is 0.351. The van der Waals surface area contributed by atoms with E-state index in [4.69, 9.17) is 14.2 Å². The number of benzene rings is 1. The first-order valence-electron chi connectivity index (χ1n) is 8.84. The summed E-state index contributed by atoms with van der Waals surface area (Å²) in [6.07, 6.45) is 4.89. The fourth-order valence-corrected chi connectivity index (χ4v) is 2.95. The zero-order chi connectivity index (χ0) is 17.6. The molecule has 6 heteroatoms. The van der Waals surface area contributed by atoms with Gasteiger partial charge >= 0.3 is 0 Å². The van der Waals surface area contributed by atoms with E-state index in [0.717, 1.165) is 49.1 Å². The molecule has 0 aliphatic carbocycles. The van der Waals surface area contributed by atoms with Crippen molar-refractivity contribution in [1.29, 1.82) is 0 Å². The maximum absolute atomic E-state index is 5.89. The molecule has 3 rings (SSSR count). The predicted molar refractivity (Wildman–Crippen MR) is 97.4 cm³/mol. The van der Waals surface area contributed by atoms with Crippen LogP contribution in [0.2, 0.25) is 0 Å². The molecule has 1 aliphatic rings. The summed E-state index contributed by atoms with van der Waals surface area (Å²) >= 11 is 0. The number of ether oxygens (including phenoxy) is 3. The number of likely N-dealkylation sites (N-methyl/N-ethyl adjacent to an activating group) is 1. The SMILES string of the molecule is CCOc1cc(-c2nccn2C2CCOC2)ccc1OCCN(C)C. The molecular weight excluding hydrogens is 318 g/mol. The van der Waals surface area contributed by atoms with Crippen LogP contribution in [0.1, 0.15) is 19.4 Å². The van der Waals surface area contributed by atoms with E-state index in [9.17, 15) is 0 Å². The van der Waals surface area contributed by atoms with E-state index in [0.29, 0.717) is 19.3 Å². The Labute approximate surface area is 149 Å². The lowest BCUT2D eigenvalue weighted by molar-refractivity contribution is 0.187. The topological polar surface area (TPSA) is 48.8 Å². The molecule has 0 N–H and O–H groups in total. The number of hydrogen-bond acceptors (Lipinski definition) is 5. The fourth-order valence-electron chi connectivity index (χ4n) is 2.95. The van der Waals surface area contributed by atoms with Crippen LogP contribution in [0.3, 0.4) is 0 Å². The smallest absolute Gasteiger partial charge is 0.161 e. The van der Waals surface area contributed by atoms with E-state index >= 15 is 0 Å². The van der Waals surface area contributed by atoms with Crippen molar-refractivity contribution in [3.8, 4) is 22.9 Å². The highest BCUT2D eigenvalue weighted by atomic mass is 16.5. The van der Waals surface area contributed by atoms with Crippen LogP contribution in [0.15, 0.2) is 30.6 Å². The van der Waals surface area contributed by atoms with Gasteiger partial charge in [0.05, 0.1) is 19.3 Å². The van der Waals surface area contributed by atoms with Crippen LogP contribution in [0.5, 0.6) is 11.5 Å². The van der Waals surface area contributed by atoms with Gasteiger partial charge in [0, 0.05) is 31.1 Å². The molecule has 0 spiro atoms. The number of imidazole rings is 1. The van der Waals surface area contributed by atoms with Crippen molar-refractivity contribution >= 4 is 0 Å². The standard InChI is InChI=1S/C19H27N3O3/c1-4-24-18-13-15(5-6-17(18)25-12-10-21(2)3)19-20-8-9-22(19)16-7-11-23-14-16/h5-6,8-9,13,16H,4,7,10-12,14H2,1-3H3. The largest absolute Gasteiger partial charge is 0.490 e. The Balaban J connectivity index is 1.83. The monoisotopic (exact) mass is 345 g/mol. The Kier molecular flexibility index (Phi) is 5.94. The lowest BCUT2D eigenvalue weighted by Gasteiger charge is -2.17. The highest BCUT2D eigenvalue weighted by molar-refractivity contribution is 5.61. The Morgan fingerprint density at radius 1 is 1.28 bits per heavy atom. The van der Waals surface area contributed by atoms with Gasteiger partial charge in [-0.3, -0.25) is 0 Å². The molecule has 1 saturated heterocycles. The molecule has 1 aliphatic heterocycles. The maximum atomic E-state index is 5.89. The van der Waals surface area contributed by atoms with E-state index in [1.807, 2.05) is 51.6 Å². The molecule has 136 valence electrons. The molecular formula is C19H27N3O3. The lowest BCUT2D eigenvalue weighted by atomic mass is 10.1. The maximum Gasteiger partial charge on any atom is 0.161 e. The molecule has 1 fully saturated rings. The van der Waals surface area contributed by atoms with Gasteiger partial charge in [0.2, 0.25) is 0 Å². The first kappa shape index (κ1) is 17.8. The molecule has 0 saturated carbocycles. The van der Waals surface area contributed by atoms with Gasteiger partial charge in [-0.05, 0) is 45.6 Å². The van der Waals surface area contributed by atoms with Crippen molar-refractivity contribution in [2.75, 3.05) is 47.1 Å². The highest BCUT2D eigenvalue weighted by Crippen LogP contribution is 2.34. The molecule has 2 heterocycles. The van der Waals surface area contributed by atoms with Gasteiger partial charge in [-0.2, -0.15) is 0 Å². The Morgan fingerprint density at radius 3 is 2.88 bits per heavy atom. The van der Waals surface area contributed by atoms with Crippen molar-refractivity contribution in [1.82, 2.24) is 14.5 Å². The van der Waals surface area contributed by atoms with Crippen molar-refractivity contribution in [3.63, 3.8) is 0 Å². The fraction of sp³-hybridized carbons (Fsp3) is 0.526. The van der Waals surface area contributed by atoms with Crippen LogP contribution in [0.25, 0.3) is 11.4 Å². The summed E-state index contributed by atoms with van der Waals surface area (Å²) in [6, 6.07) is 6.38. The third-order valence-electron chi connectivity index (χ3n) is 4.27. The summed E-state index contributed by atoms with van der Waals surface area (Å²) in [5.74, 6) is 2.47. The van der Waals surface area contributed by atoms with Gasteiger partial charge in [0.1, 0.15) is 12.4 Å². The van der Waals surface area contributed by atoms with Gasteiger partial charge in [-0.25, -0.2) is 4.98 Å². The zero-order valence-electron chi connectivity index (χ0n) is 15.3. The van der Waals surface area contributed by atoms with Crippen LogP contribution in [-0.4, -0.2) is 61.5 Å². The second-order valence-electron chi connectivity index (χ2n) is 6.42. The molecule has 0 bridgehead atoms. The number of hydrogen-bond donors (Lipinski definition) is 0. The van der Waals surface area contributed by atoms with Crippen LogP contribution in [0, 0.1) is 0 Å². The summed E-state index contributed by atoms with van der Waals surface area (Å²) in [6.45, 7) is 5.61. The minimum absolute atomic E-state index is 0.351. The summed E-state index contributed by atoms with van der Waals surface area (Å²) < 4.78 is 19.4. The van der Waals surface area contributed by atoms with Gasteiger partial charge in [-0.15, -0.1) is 0 Å². The molecule has 0 amide bonds. The Morgan fingerprint density at radius 2 is 2.16 bits per heavy atom. The third kappa shape index (κ3) is 4.32. The van der Waals surface area contributed by atoms with Gasteiger partial charge in [-0.1, -0.05) is 0 Å². The van der Waals surface area contributed by atoms with Crippen LogP contribution in [0.4, 0.5) is 0 Å². The highest BCUT2D eigenvalue weighted by Gasteiger charge is 2.21. The Bertz CT molecular complexity index is 678. The molecule has 2 aromatic rings. The summed E-state index contributed by atoms with van der Waals surface area (Å²) in [5.41, 5.74) is 1.03. The normalized spacial score (nSPS) is 17.2. The number of aromatic nitrogens is 2. The lowest BCUT2D eigenvalue weighted by Crippen LogP contribution is -2.19. The molecule has 1 unspecified atom stereocenters.